The largest absolute Gasteiger partial charge is 0.381 e. The summed E-state index contributed by atoms with van der Waals surface area (Å²) in [7, 11) is 0. The first kappa shape index (κ1) is 10.4. The normalized spacial score (nSPS) is 28.9. The maximum atomic E-state index is 5.42. The first-order chi connectivity index (χ1) is 6.88. The van der Waals surface area contributed by atoms with Crippen LogP contribution in [0.3, 0.4) is 0 Å². The maximum absolute atomic E-state index is 5.42. The molecule has 2 aliphatic rings. The predicted molar refractivity (Wildman–Crippen MR) is 58.4 cm³/mol. The Balaban J connectivity index is 1.82. The summed E-state index contributed by atoms with van der Waals surface area (Å²) in [6.45, 7) is 7.06. The van der Waals surface area contributed by atoms with Gasteiger partial charge in [-0.25, -0.2) is 0 Å². The maximum Gasteiger partial charge on any atom is 0.0469 e. The van der Waals surface area contributed by atoms with Crippen molar-refractivity contribution in [2.45, 2.75) is 45.1 Å². The van der Waals surface area contributed by atoms with Crippen molar-refractivity contribution in [3.63, 3.8) is 0 Å². The summed E-state index contributed by atoms with van der Waals surface area (Å²) in [4.78, 5) is 2.69. The molecule has 0 amide bonds. The molecule has 2 heterocycles. The van der Waals surface area contributed by atoms with Crippen LogP contribution in [0.2, 0.25) is 0 Å². The Hall–Kier alpha value is -0.0800. The minimum absolute atomic E-state index is 0.791. The summed E-state index contributed by atoms with van der Waals surface area (Å²) in [6.07, 6.45) is 6.81. The van der Waals surface area contributed by atoms with Crippen molar-refractivity contribution in [2.24, 2.45) is 5.92 Å². The molecule has 1 atom stereocenters. The molecule has 82 valence electrons. The van der Waals surface area contributed by atoms with Crippen LogP contribution in [0.5, 0.6) is 0 Å². The first-order valence-corrected chi connectivity index (χ1v) is 6.20. The van der Waals surface area contributed by atoms with E-state index in [4.69, 9.17) is 4.74 Å². The number of likely N-dealkylation sites (tertiary alicyclic amines) is 1. The number of rotatable bonds is 2. The van der Waals surface area contributed by atoms with E-state index in [0.717, 1.165) is 25.2 Å². The van der Waals surface area contributed by atoms with E-state index in [9.17, 15) is 0 Å². The molecule has 0 spiro atoms. The van der Waals surface area contributed by atoms with Gasteiger partial charge in [-0.2, -0.15) is 0 Å². The fourth-order valence-corrected chi connectivity index (χ4v) is 2.82. The molecule has 0 aliphatic carbocycles. The number of hydrogen-bond donors (Lipinski definition) is 0. The zero-order valence-electron chi connectivity index (χ0n) is 9.37. The molecule has 0 bridgehead atoms. The highest BCUT2D eigenvalue weighted by atomic mass is 16.5. The molecule has 0 aromatic rings. The van der Waals surface area contributed by atoms with Crippen LogP contribution < -0.4 is 0 Å². The molecule has 2 heteroatoms. The Morgan fingerprint density at radius 3 is 2.36 bits per heavy atom. The van der Waals surface area contributed by atoms with Crippen LogP contribution in [-0.4, -0.2) is 37.2 Å². The van der Waals surface area contributed by atoms with Crippen LogP contribution in [-0.2, 0) is 4.74 Å². The molecule has 14 heavy (non-hydrogen) atoms. The van der Waals surface area contributed by atoms with Crippen molar-refractivity contribution in [1.29, 1.82) is 0 Å². The zero-order valence-corrected chi connectivity index (χ0v) is 9.37. The quantitative estimate of drug-likeness (QED) is 0.673. The van der Waals surface area contributed by atoms with Gasteiger partial charge in [0.05, 0.1) is 0 Å². The summed E-state index contributed by atoms with van der Waals surface area (Å²) < 4.78 is 5.42. The van der Waals surface area contributed by atoms with Gasteiger partial charge in [-0.1, -0.05) is 6.42 Å². The van der Waals surface area contributed by atoms with Crippen LogP contribution in [0.25, 0.3) is 0 Å². The molecule has 0 aromatic carbocycles. The SMILES string of the molecule is CC(C1CCOCC1)N1CCCCC1. The summed E-state index contributed by atoms with van der Waals surface area (Å²) >= 11 is 0. The van der Waals surface area contributed by atoms with Gasteiger partial charge in [0.15, 0.2) is 0 Å². The minimum Gasteiger partial charge on any atom is -0.381 e. The first-order valence-electron chi connectivity index (χ1n) is 6.20. The molecular formula is C12H23NO. The lowest BCUT2D eigenvalue weighted by atomic mass is 9.91. The lowest BCUT2D eigenvalue weighted by molar-refractivity contribution is 0.0254. The van der Waals surface area contributed by atoms with Gasteiger partial charge >= 0.3 is 0 Å². The topological polar surface area (TPSA) is 12.5 Å². The van der Waals surface area contributed by atoms with Crippen LogP contribution in [0.4, 0.5) is 0 Å². The molecule has 0 N–H and O–H groups in total. The predicted octanol–water partition coefficient (Wildman–Crippen LogP) is 2.29. The molecule has 2 nitrogen and oxygen atoms in total. The average molecular weight is 197 g/mol. The van der Waals surface area contributed by atoms with Gasteiger partial charge in [-0.05, 0) is 51.6 Å². The fourth-order valence-electron chi connectivity index (χ4n) is 2.82. The Labute approximate surface area is 87.6 Å². The highest BCUT2D eigenvalue weighted by molar-refractivity contribution is 4.79. The molecule has 2 aliphatic heterocycles. The lowest BCUT2D eigenvalue weighted by Gasteiger charge is -2.38. The second-order valence-corrected chi connectivity index (χ2v) is 4.79. The Morgan fingerprint density at radius 1 is 1.07 bits per heavy atom. The van der Waals surface area contributed by atoms with Crippen molar-refractivity contribution in [3.8, 4) is 0 Å². The van der Waals surface area contributed by atoms with Crippen molar-refractivity contribution in [3.05, 3.63) is 0 Å². The van der Waals surface area contributed by atoms with E-state index in [1.54, 1.807) is 0 Å². The molecule has 1 unspecified atom stereocenters. The van der Waals surface area contributed by atoms with Crippen LogP contribution >= 0.6 is 0 Å². The molecule has 2 fully saturated rings. The number of hydrogen-bond acceptors (Lipinski definition) is 2. The van der Waals surface area contributed by atoms with Crippen molar-refractivity contribution >= 4 is 0 Å². The highest BCUT2D eigenvalue weighted by Gasteiger charge is 2.26. The van der Waals surface area contributed by atoms with Gasteiger partial charge < -0.3 is 9.64 Å². The Bertz CT molecular complexity index is 142. The molecule has 2 rings (SSSR count). The van der Waals surface area contributed by atoms with Crippen molar-refractivity contribution in [2.75, 3.05) is 26.3 Å². The van der Waals surface area contributed by atoms with Crippen LogP contribution in [0.1, 0.15) is 39.0 Å². The monoisotopic (exact) mass is 197 g/mol. The minimum atomic E-state index is 0.791. The number of nitrogens with zero attached hydrogens (tertiary/aromatic N) is 1. The van der Waals surface area contributed by atoms with Crippen molar-refractivity contribution < 1.29 is 4.74 Å². The molecular weight excluding hydrogens is 174 g/mol. The summed E-state index contributed by atoms with van der Waals surface area (Å²) in [6, 6.07) is 0.791. The molecule has 0 radical (unpaired) electrons. The van der Waals surface area contributed by atoms with Gasteiger partial charge in [0.25, 0.3) is 0 Å². The van der Waals surface area contributed by atoms with Crippen molar-refractivity contribution in [1.82, 2.24) is 4.90 Å². The molecule has 0 saturated carbocycles. The zero-order chi connectivity index (χ0) is 9.80. The van der Waals surface area contributed by atoms with E-state index in [1.165, 1.54) is 45.2 Å². The Kier molecular flexibility index (Phi) is 3.82. The fraction of sp³-hybridized carbons (Fsp3) is 1.00. The summed E-state index contributed by atoms with van der Waals surface area (Å²) in [5, 5.41) is 0. The van der Waals surface area contributed by atoms with E-state index >= 15 is 0 Å². The van der Waals surface area contributed by atoms with E-state index < -0.39 is 0 Å². The smallest absolute Gasteiger partial charge is 0.0469 e. The van der Waals surface area contributed by atoms with Gasteiger partial charge in [0, 0.05) is 19.3 Å². The third-order valence-electron chi connectivity index (χ3n) is 3.91. The van der Waals surface area contributed by atoms with Gasteiger partial charge in [0.1, 0.15) is 0 Å². The van der Waals surface area contributed by atoms with Gasteiger partial charge in [-0.15, -0.1) is 0 Å². The summed E-state index contributed by atoms with van der Waals surface area (Å²) in [5.74, 6) is 0.891. The lowest BCUT2D eigenvalue weighted by Crippen LogP contribution is -2.43. The average Bonchev–Trinajstić information content (AvgIpc) is 2.30. The third-order valence-corrected chi connectivity index (χ3v) is 3.91. The Morgan fingerprint density at radius 2 is 1.71 bits per heavy atom. The second-order valence-electron chi connectivity index (χ2n) is 4.79. The highest BCUT2D eigenvalue weighted by Crippen LogP contribution is 2.24. The number of piperidine rings is 1. The summed E-state index contributed by atoms with van der Waals surface area (Å²) in [5.41, 5.74) is 0. The molecule has 0 aromatic heterocycles. The van der Waals surface area contributed by atoms with E-state index in [0.29, 0.717) is 0 Å². The van der Waals surface area contributed by atoms with Gasteiger partial charge in [-0.3, -0.25) is 0 Å². The molecule has 2 saturated heterocycles. The van der Waals surface area contributed by atoms with E-state index in [-0.39, 0.29) is 0 Å². The second kappa shape index (κ2) is 5.13. The van der Waals surface area contributed by atoms with E-state index in [2.05, 4.69) is 11.8 Å². The van der Waals surface area contributed by atoms with Crippen LogP contribution in [0.15, 0.2) is 0 Å². The third kappa shape index (κ3) is 2.48. The van der Waals surface area contributed by atoms with E-state index in [1.807, 2.05) is 0 Å². The van der Waals surface area contributed by atoms with Crippen LogP contribution in [0, 0.1) is 5.92 Å². The number of ether oxygens (including phenoxy) is 1. The standard InChI is InChI=1S/C12H23NO/c1-11(12-5-9-14-10-6-12)13-7-3-2-4-8-13/h11-12H,2-10H2,1H3. The van der Waals surface area contributed by atoms with Gasteiger partial charge in [0.2, 0.25) is 0 Å².